The highest BCUT2D eigenvalue weighted by atomic mass is 32.2. The van der Waals surface area contributed by atoms with E-state index in [1.165, 1.54) is 13.3 Å². The zero-order valence-corrected chi connectivity index (χ0v) is 5.57. The van der Waals surface area contributed by atoms with Crippen molar-refractivity contribution in [2.45, 2.75) is 6.92 Å². The zero-order valence-electron chi connectivity index (χ0n) is 4.75. The lowest BCUT2D eigenvalue weighted by Crippen LogP contribution is -2.10. The van der Waals surface area contributed by atoms with Gasteiger partial charge in [-0.15, -0.1) is 0 Å². The number of hydrogen-bond donors (Lipinski definition) is 1. The van der Waals surface area contributed by atoms with Crippen molar-refractivity contribution in [3.05, 3.63) is 0 Å². The number of nitrogens with zero attached hydrogens (tertiary/aromatic N) is 1. The van der Waals surface area contributed by atoms with Gasteiger partial charge in [0.05, 0.1) is 0 Å². The lowest BCUT2D eigenvalue weighted by Gasteiger charge is -1.90. The van der Waals surface area contributed by atoms with Crippen LogP contribution in [-0.2, 0) is 15.6 Å². The molecule has 0 saturated heterocycles. The Kier molecular flexibility index (Phi) is 4.48. The van der Waals surface area contributed by atoms with Crippen LogP contribution in [0, 0.1) is 0 Å². The van der Waals surface area contributed by atoms with E-state index in [2.05, 4.69) is 14.2 Å². The summed E-state index contributed by atoms with van der Waals surface area (Å²) in [6.07, 6.45) is 1.41. The third kappa shape index (κ3) is 3.76. The largest absolute Gasteiger partial charge is 0.309 e. The monoisotopic (exact) mass is 136 g/mol. The summed E-state index contributed by atoms with van der Waals surface area (Å²) in [6, 6.07) is 0. The fourth-order valence-corrected chi connectivity index (χ4v) is 0.358. The zero-order chi connectivity index (χ0) is 6.41. The van der Waals surface area contributed by atoms with Crippen LogP contribution in [0.15, 0.2) is 5.16 Å². The van der Waals surface area contributed by atoms with E-state index in [0.717, 1.165) is 0 Å². The van der Waals surface area contributed by atoms with E-state index in [0.29, 0.717) is 0 Å². The van der Waals surface area contributed by atoms with Gasteiger partial charge in [-0.1, -0.05) is 5.16 Å². The molecule has 0 amide bonds. The maximum Gasteiger partial charge on any atom is 0.309 e. The van der Waals surface area contributed by atoms with E-state index in [9.17, 15) is 4.21 Å². The van der Waals surface area contributed by atoms with E-state index in [4.69, 9.17) is 0 Å². The summed E-state index contributed by atoms with van der Waals surface area (Å²) in [7, 11) is 1.52. The van der Waals surface area contributed by atoms with E-state index in [1.807, 2.05) is 0 Å². The summed E-state index contributed by atoms with van der Waals surface area (Å²) in [5, 5.41) is 3.25. The van der Waals surface area contributed by atoms with E-state index >= 15 is 0 Å². The van der Waals surface area contributed by atoms with Crippen molar-refractivity contribution in [2.24, 2.45) is 5.16 Å². The van der Waals surface area contributed by atoms with Crippen molar-refractivity contribution in [1.29, 1.82) is 0 Å². The van der Waals surface area contributed by atoms with E-state index in [-0.39, 0.29) is 0 Å². The van der Waals surface area contributed by atoms with Gasteiger partial charge in [0, 0.05) is 6.21 Å². The van der Waals surface area contributed by atoms with Gasteiger partial charge in [-0.25, -0.2) is 4.72 Å². The molecule has 0 spiro atoms. The molecule has 0 aliphatic rings. The van der Waals surface area contributed by atoms with Gasteiger partial charge in [-0.05, 0) is 14.0 Å². The average molecular weight is 136 g/mol. The maximum absolute atomic E-state index is 10.2. The van der Waals surface area contributed by atoms with Crippen LogP contribution in [0.5, 0.6) is 0 Å². The van der Waals surface area contributed by atoms with Crippen molar-refractivity contribution >= 4 is 17.5 Å². The fourth-order valence-electron chi connectivity index (χ4n) is 0.119. The predicted octanol–water partition coefficient (Wildman–Crippen LogP) is -0.193. The summed E-state index contributed by atoms with van der Waals surface area (Å²) in [6.45, 7) is 1.67. The van der Waals surface area contributed by atoms with Crippen LogP contribution in [0.1, 0.15) is 6.92 Å². The van der Waals surface area contributed by atoms with Gasteiger partial charge in [0.2, 0.25) is 0 Å². The third-order valence-corrected chi connectivity index (χ3v) is 0.938. The molecule has 1 atom stereocenters. The second-order valence-electron chi connectivity index (χ2n) is 0.877. The molecular formula is C3H8N2O2S. The van der Waals surface area contributed by atoms with Crippen LogP contribution in [0.25, 0.3) is 0 Å². The second kappa shape index (κ2) is 4.73. The minimum atomic E-state index is -1.47. The van der Waals surface area contributed by atoms with E-state index in [1.54, 1.807) is 6.92 Å². The molecule has 1 N–H and O–H groups in total. The Hall–Kier alpha value is -0.420. The highest BCUT2D eigenvalue weighted by Crippen LogP contribution is 1.76. The molecule has 0 saturated carbocycles. The normalized spacial score (nSPS) is 14.2. The Morgan fingerprint density at radius 3 is 2.88 bits per heavy atom. The van der Waals surface area contributed by atoms with Crippen LogP contribution in [0.3, 0.4) is 0 Å². The van der Waals surface area contributed by atoms with E-state index < -0.39 is 11.3 Å². The van der Waals surface area contributed by atoms with Crippen molar-refractivity contribution in [3.8, 4) is 0 Å². The van der Waals surface area contributed by atoms with Crippen LogP contribution in [-0.4, -0.2) is 17.5 Å². The van der Waals surface area contributed by atoms with Crippen LogP contribution < -0.4 is 4.72 Å². The Balaban J connectivity index is 3.25. The van der Waals surface area contributed by atoms with Crippen molar-refractivity contribution in [2.75, 3.05) is 7.05 Å². The summed E-state index contributed by atoms with van der Waals surface area (Å²) in [5.41, 5.74) is 0. The standard InChI is InChI=1S/C3H8N2O2S/c1-3-5-7-8(6)4-2/h3-4H,1-2H3/b5-3+. The first kappa shape index (κ1) is 7.58. The summed E-state index contributed by atoms with van der Waals surface area (Å²) < 4.78 is 16.8. The molecule has 48 valence electrons. The number of oxime groups is 1. The summed E-state index contributed by atoms with van der Waals surface area (Å²) >= 11 is -1.47. The topological polar surface area (TPSA) is 50.7 Å². The molecule has 0 aromatic carbocycles. The number of nitrogens with one attached hydrogen (secondary N) is 1. The molecule has 5 heteroatoms. The maximum atomic E-state index is 10.2. The summed E-state index contributed by atoms with van der Waals surface area (Å²) in [5.74, 6) is 0. The van der Waals surface area contributed by atoms with Gasteiger partial charge in [0.25, 0.3) is 0 Å². The molecular weight excluding hydrogens is 128 g/mol. The Morgan fingerprint density at radius 2 is 2.50 bits per heavy atom. The van der Waals surface area contributed by atoms with Crippen molar-refractivity contribution < 1.29 is 8.49 Å². The molecule has 0 aromatic rings. The van der Waals surface area contributed by atoms with Gasteiger partial charge >= 0.3 is 11.3 Å². The van der Waals surface area contributed by atoms with Crippen LogP contribution in [0.2, 0.25) is 0 Å². The average Bonchev–Trinajstić information content (AvgIpc) is 1.83. The number of hydrogen-bond acceptors (Lipinski definition) is 3. The first-order valence-electron chi connectivity index (χ1n) is 2.06. The third-order valence-electron chi connectivity index (χ3n) is 0.383. The van der Waals surface area contributed by atoms with Gasteiger partial charge in [0.15, 0.2) is 0 Å². The van der Waals surface area contributed by atoms with Crippen molar-refractivity contribution in [1.82, 2.24) is 4.72 Å². The highest BCUT2D eigenvalue weighted by molar-refractivity contribution is 7.78. The fraction of sp³-hybridized carbons (Fsp3) is 0.667. The summed E-state index contributed by atoms with van der Waals surface area (Å²) in [4.78, 5) is 0. The highest BCUT2D eigenvalue weighted by Gasteiger charge is 1.87. The lowest BCUT2D eigenvalue weighted by atomic mass is 10.9. The van der Waals surface area contributed by atoms with Gasteiger partial charge in [-0.2, -0.15) is 4.21 Å². The molecule has 0 rings (SSSR count). The SMILES string of the molecule is C/C=N/OS(=O)NC. The van der Waals surface area contributed by atoms with Gasteiger partial charge in [0.1, 0.15) is 0 Å². The Labute approximate surface area is 50.7 Å². The van der Waals surface area contributed by atoms with Crippen LogP contribution in [0.4, 0.5) is 0 Å². The van der Waals surface area contributed by atoms with Crippen molar-refractivity contribution in [3.63, 3.8) is 0 Å². The quantitative estimate of drug-likeness (QED) is 0.431. The second-order valence-corrected chi connectivity index (χ2v) is 1.90. The lowest BCUT2D eigenvalue weighted by molar-refractivity contribution is 0.371. The minimum absolute atomic E-state index is 1.41. The number of rotatable bonds is 3. The molecule has 1 unspecified atom stereocenters. The molecule has 0 heterocycles. The van der Waals surface area contributed by atoms with Crippen LogP contribution >= 0.6 is 0 Å². The molecule has 0 fully saturated rings. The molecule has 0 aromatic heterocycles. The molecule has 8 heavy (non-hydrogen) atoms. The van der Waals surface area contributed by atoms with Gasteiger partial charge in [-0.3, -0.25) is 4.28 Å². The molecule has 0 bridgehead atoms. The Bertz CT molecular complexity index is 103. The first-order valence-corrected chi connectivity index (χ1v) is 3.13. The molecule has 0 aliphatic heterocycles. The minimum Gasteiger partial charge on any atom is -0.276 e. The molecule has 4 nitrogen and oxygen atoms in total. The molecule has 0 radical (unpaired) electrons. The van der Waals surface area contributed by atoms with Gasteiger partial charge < -0.3 is 0 Å². The smallest absolute Gasteiger partial charge is 0.276 e. The first-order chi connectivity index (χ1) is 3.81. The predicted molar refractivity (Wildman–Crippen MR) is 32.5 cm³/mol. The molecule has 0 aliphatic carbocycles. The Morgan fingerprint density at radius 1 is 1.88 bits per heavy atom.